The zero-order valence-electron chi connectivity index (χ0n) is 14.5. The van der Waals surface area contributed by atoms with Gasteiger partial charge in [0.25, 0.3) is 0 Å². The molecule has 0 unspecified atom stereocenters. The summed E-state index contributed by atoms with van der Waals surface area (Å²) in [5.74, 6) is 0. The van der Waals surface area contributed by atoms with E-state index >= 15 is 0 Å². The van der Waals surface area contributed by atoms with Gasteiger partial charge >= 0.3 is 0 Å². The second kappa shape index (κ2) is 6.05. The number of aryl methyl sites for hydroxylation is 1. The molecule has 0 saturated heterocycles. The quantitative estimate of drug-likeness (QED) is 0.424. The molecule has 0 spiro atoms. The molecule has 0 aliphatic heterocycles. The van der Waals surface area contributed by atoms with Gasteiger partial charge < -0.3 is 4.57 Å². The molecule has 4 rings (SSSR count). The van der Waals surface area contributed by atoms with Crippen molar-refractivity contribution in [3.63, 3.8) is 0 Å². The molecular formula is C22H19ClN2. The van der Waals surface area contributed by atoms with Crippen molar-refractivity contribution in [3.8, 4) is 22.4 Å². The third-order valence-electron chi connectivity index (χ3n) is 4.93. The molecule has 2 aromatic heterocycles. The molecule has 0 bridgehead atoms. The maximum atomic E-state index is 6.92. The third kappa shape index (κ3) is 2.54. The minimum atomic E-state index is 0.707. The largest absolute Gasteiger partial charge is 0.351 e. The topological polar surface area (TPSA) is 17.8 Å². The standard InChI is InChI=1S/C22H19ClN2/c1-14-13-18(15(2)25(14)3)22-21(23)20(16-9-5-4-6-10-16)17-11-7-8-12-19(17)24-22/h4-13H,1-3H3. The number of hydrogen-bond acceptors (Lipinski definition) is 1. The molecule has 0 aliphatic carbocycles. The van der Waals surface area contributed by atoms with Gasteiger partial charge in [-0.2, -0.15) is 0 Å². The van der Waals surface area contributed by atoms with Crippen LogP contribution in [0.15, 0.2) is 60.7 Å². The van der Waals surface area contributed by atoms with E-state index in [2.05, 4.69) is 49.7 Å². The number of halogens is 1. The lowest BCUT2D eigenvalue weighted by Gasteiger charge is -2.13. The molecule has 124 valence electrons. The van der Waals surface area contributed by atoms with Crippen LogP contribution in [0.25, 0.3) is 33.3 Å². The predicted molar refractivity (Wildman–Crippen MR) is 106 cm³/mol. The molecule has 0 radical (unpaired) electrons. The zero-order valence-corrected chi connectivity index (χ0v) is 15.3. The minimum absolute atomic E-state index is 0.707. The van der Waals surface area contributed by atoms with Crippen LogP contribution in [0.3, 0.4) is 0 Å². The van der Waals surface area contributed by atoms with Gasteiger partial charge in [0.15, 0.2) is 0 Å². The van der Waals surface area contributed by atoms with Gasteiger partial charge in [-0.3, -0.25) is 0 Å². The molecule has 2 nitrogen and oxygen atoms in total. The van der Waals surface area contributed by atoms with Crippen LogP contribution in [0.1, 0.15) is 11.4 Å². The Hall–Kier alpha value is -2.58. The first-order chi connectivity index (χ1) is 12.1. The second-order valence-electron chi connectivity index (χ2n) is 6.38. The Morgan fingerprint density at radius 3 is 2.28 bits per heavy atom. The first-order valence-corrected chi connectivity index (χ1v) is 8.72. The number of benzene rings is 2. The van der Waals surface area contributed by atoms with E-state index in [0.717, 1.165) is 33.3 Å². The van der Waals surface area contributed by atoms with Crippen LogP contribution in [0, 0.1) is 13.8 Å². The molecule has 0 amide bonds. The average Bonchev–Trinajstić information content (AvgIpc) is 2.89. The van der Waals surface area contributed by atoms with E-state index in [1.165, 1.54) is 11.4 Å². The first kappa shape index (κ1) is 15.9. The number of aromatic nitrogens is 2. The van der Waals surface area contributed by atoms with E-state index in [9.17, 15) is 0 Å². The maximum absolute atomic E-state index is 6.92. The van der Waals surface area contributed by atoms with Crippen molar-refractivity contribution in [1.82, 2.24) is 9.55 Å². The molecule has 0 aliphatic rings. The normalized spacial score (nSPS) is 11.2. The highest BCUT2D eigenvalue weighted by Crippen LogP contribution is 2.41. The summed E-state index contributed by atoms with van der Waals surface area (Å²) in [4.78, 5) is 4.90. The summed E-state index contributed by atoms with van der Waals surface area (Å²) in [6.45, 7) is 4.21. The lowest BCUT2D eigenvalue weighted by molar-refractivity contribution is 0.845. The fourth-order valence-electron chi connectivity index (χ4n) is 3.35. The number of rotatable bonds is 2. The van der Waals surface area contributed by atoms with E-state index in [4.69, 9.17) is 16.6 Å². The lowest BCUT2D eigenvalue weighted by Crippen LogP contribution is -1.95. The monoisotopic (exact) mass is 346 g/mol. The SMILES string of the molecule is Cc1cc(-c2nc3ccccc3c(-c3ccccc3)c2Cl)c(C)n1C. The maximum Gasteiger partial charge on any atom is 0.0920 e. The van der Waals surface area contributed by atoms with Crippen LogP contribution >= 0.6 is 11.6 Å². The number of hydrogen-bond donors (Lipinski definition) is 0. The minimum Gasteiger partial charge on any atom is -0.351 e. The van der Waals surface area contributed by atoms with Gasteiger partial charge in [0.05, 0.1) is 16.2 Å². The predicted octanol–water partition coefficient (Wildman–Crippen LogP) is 6.18. The molecule has 3 heteroatoms. The summed E-state index contributed by atoms with van der Waals surface area (Å²) in [7, 11) is 2.07. The summed E-state index contributed by atoms with van der Waals surface area (Å²) < 4.78 is 2.17. The van der Waals surface area contributed by atoms with E-state index in [1.807, 2.05) is 36.4 Å². The van der Waals surface area contributed by atoms with Crippen molar-refractivity contribution in [3.05, 3.63) is 77.1 Å². The molecular weight excluding hydrogens is 328 g/mol. The molecule has 2 aromatic carbocycles. The molecule has 0 fully saturated rings. The average molecular weight is 347 g/mol. The van der Waals surface area contributed by atoms with Gasteiger partial charge in [-0.05, 0) is 31.5 Å². The Kier molecular flexibility index (Phi) is 3.85. The van der Waals surface area contributed by atoms with Gasteiger partial charge in [0, 0.05) is 34.9 Å². The number of fused-ring (bicyclic) bond motifs is 1. The molecule has 4 aromatic rings. The van der Waals surface area contributed by atoms with Crippen LogP contribution in [-0.2, 0) is 7.05 Å². The summed E-state index contributed by atoms with van der Waals surface area (Å²) in [5.41, 5.74) is 7.41. The highest BCUT2D eigenvalue weighted by molar-refractivity contribution is 6.37. The highest BCUT2D eigenvalue weighted by atomic mass is 35.5. The van der Waals surface area contributed by atoms with Crippen molar-refractivity contribution in [1.29, 1.82) is 0 Å². The van der Waals surface area contributed by atoms with Crippen molar-refractivity contribution < 1.29 is 0 Å². The molecule has 0 N–H and O–H groups in total. The summed E-state index contributed by atoms with van der Waals surface area (Å²) in [5, 5.41) is 1.78. The third-order valence-corrected chi connectivity index (χ3v) is 5.29. The summed E-state index contributed by atoms with van der Waals surface area (Å²) in [6.07, 6.45) is 0. The number of pyridine rings is 1. The van der Waals surface area contributed by atoms with E-state index in [1.54, 1.807) is 0 Å². The van der Waals surface area contributed by atoms with E-state index in [-0.39, 0.29) is 0 Å². The highest BCUT2D eigenvalue weighted by Gasteiger charge is 2.19. The van der Waals surface area contributed by atoms with Crippen molar-refractivity contribution in [2.24, 2.45) is 7.05 Å². The van der Waals surface area contributed by atoms with Crippen molar-refractivity contribution >= 4 is 22.5 Å². The van der Waals surface area contributed by atoms with Crippen LogP contribution in [-0.4, -0.2) is 9.55 Å². The van der Waals surface area contributed by atoms with Gasteiger partial charge in [-0.15, -0.1) is 0 Å². The summed E-state index contributed by atoms with van der Waals surface area (Å²) >= 11 is 6.92. The Morgan fingerprint density at radius 1 is 0.920 bits per heavy atom. The second-order valence-corrected chi connectivity index (χ2v) is 6.75. The van der Waals surface area contributed by atoms with Gasteiger partial charge in [-0.25, -0.2) is 4.98 Å². The first-order valence-electron chi connectivity index (χ1n) is 8.35. The van der Waals surface area contributed by atoms with Crippen molar-refractivity contribution in [2.75, 3.05) is 0 Å². The van der Waals surface area contributed by atoms with Crippen LogP contribution in [0.5, 0.6) is 0 Å². The fourth-order valence-corrected chi connectivity index (χ4v) is 3.70. The van der Waals surface area contributed by atoms with Crippen LogP contribution < -0.4 is 0 Å². The Labute approximate surface area is 152 Å². The molecule has 0 saturated carbocycles. The van der Waals surface area contributed by atoms with Crippen molar-refractivity contribution in [2.45, 2.75) is 13.8 Å². The summed E-state index contributed by atoms with van der Waals surface area (Å²) in [6, 6.07) is 20.6. The molecule has 2 heterocycles. The van der Waals surface area contributed by atoms with Crippen LogP contribution in [0.4, 0.5) is 0 Å². The smallest absolute Gasteiger partial charge is 0.0920 e. The molecule has 0 atom stereocenters. The Balaban J connectivity index is 2.11. The van der Waals surface area contributed by atoms with Crippen LogP contribution in [0.2, 0.25) is 5.02 Å². The molecule has 25 heavy (non-hydrogen) atoms. The Bertz CT molecular complexity index is 1080. The lowest BCUT2D eigenvalue weighted by atomic mass is 9.98. The van der Waals surface area contributed by atoms with Gasteiger partial charge in [-0.1, -0.05) is 60.1 Å². The number of nitrogens with zero attached hydrogens (tertiary/aromatic N) is 2. The van der Waals surface area contributed by atoms with E-state index in [0.29, 0.717) is 5.02 Å². The Morgan fingerprint density at radius 2 is 1.60 bits per heavy atom. The van der Waals surface area contributed by atoms with Gasteiger partial charge in [0.1, 0.15) is 0 Å². The van der Waals surface area contributed by atoms with Gasteiger partial charge in [0.2, 0.25) is 0 Å². The fraction of sp³-hybridized carbons (Fsp3) is 0.136. The number of para-hydroxylation sites is 1. The van der Waals surface area contributed by atoms with E-state index < -0.39 is 0 Å². The zero-order chi connectivity index (χ0) is 17.6.